The van der Waals surface area contributed by atoms with Crippen molar-refractivity contribution in [3.8, 4) is 5.75 Å². The monoisotopic (exact) mass is 528 g/mol. The van der Waals surface area contributed by atoms with Gasteiger partial charge in [-0.3, -0.25) is 9.59 Å². The number of nitrogens with zero attached hydrogens (tertiary/aromatic N) is 2. The molecule has 1 N–H and O–H groups in total. The van der Waals surface area contributed by atoms with Crippen molar-refractivity contribution < 1.29 is 19.4 Å². The normalized spacial score (nSPS) is 17.8. The molecule has 1 amide bonds. The van der Waals surface area contributed by atoms with Gasteiger partial charge >= 0.3 is 0 Å². The smallest absolute Gasteiger partial charge is 0.295 e. The Morgan fingerprint density at radius 1 is 1.15 bits per heavy atom. The first-order chi connectivity index (χ1) is 16.1. The second-order valence-corrected chi connectivity index (χ2v) is 10.3. The first-order valence-electron chi connectivity index (χ1n) is 11.5. The lowest BCUT2D eigenvalue weighted by atomic mass is 9.94. The Morgan fingerprint density at radius 3 is 2.41 bits per heavy atom. The van der Waals surface area contributed by atoms with Crippen LogP contribution in [0.5, 0.6) is 5.75 Å². The summed E-state index contributed by atoms with van der Waals surface area (Å²) < 4.78 is 6.74. The molecule has 6 nitrogen and oxygen atoms in total. The number of hydrogen-bond acceptors (Lipinski definition) is 5. The maximum absolute atomic E-state index is 13.2. The number of likely N-dealkylation sites (tertiary alicyclic amines) is 1. The molecule has 2 aromatic carbocycles. The molecule has 1 heterocycles. The summed E-state index contributed by atoms with van der Waals surface area (Å²) in [6, 6.07) is 12.2. The predicted octanol–water partition coefficient (Wildman–Crippen LogP) is 5.17. The molecule has 1 saturated heterocycles. The molecule has 0 aromatic heterocycles. The molecule has 1 fully saturated rings. The molecule has 7 heteroatoms. The van der Waals surface area contributed by atoms with Gasteiger partial charge in [-0.05, 0) is 81.4 Å². The first kappa shape index (κ1) is 26.0. The molecule has 0 saturated carbocycles. The summed E-state index contributed by atoms with van der Waals surface area (Å²) in [4.78, 5) is 29.8. The van der Waals surface area contributed by atoms with Crippen molar-refractivity contribution in [2.24, 2.45) is 5.92 Å². The summed E-state index contributed by atoms with van der Waals surface area (Å²) in [5.74, 6) is -0.282. The second kappa shape index (κ2) is 11.2. The molecular formula is C27H33BrN2O4. The zero-order valence-corrected chi connectivity index (χ0v) is 22.1. The van der Waals surface area contributed by atoms with Crippen molar-refractivity contribution in [2.75, 3.05) is 33.8 Å². The van der Waals surface area contributed by atoms with Crippen LogP contribution in [0.4, 0.5) is 0 Å². The van der Waals surface area contributed by atoms with Gasteiger partial charge in [0, 0.05) is 16.6 Å². The maximum Gasteiger partial charge on any atom is 0.295 e. The van der Waals surface area contributed by atoms with Gasteiger partial charge in [0.1, 0.15) is 11.5 Å². The number of carbonyl (C=O) groups is 2. The summed E-state index contributed by atoms with van der Waals surface area (Å²) in [6.45, 7) is 7.85. The number of amides is 1. The molecule has 0 bridgehead atoms. The third-order valence-electron chi connectivity index (χ3n) is 5.75. The number of Topliss-reactive ketones (excluding diaryl/α,β-unsaturated/α-hetero) is 1. The number of aryl methyl sites for hydroxylation is 1. The largest absolute Gasteiger partial charge is 0.507 e. The minimum Gasteiger partial charge on any atom is -0.507 e. The number of aliphatic hydroxyl groups excluding tert-OH is 1. The number of ketones is 1. The Morgan fingerprint density at radius 2 is 1.82 bits per heavy atom. The van der Waals surface area contributed by atoms with E-state index in [9.17, 15) is 14.7 Å². The van der Waals surface area contributed by atoms with Crippen LogP contribution >= 0.6 is 15.9 Å². The molecule has 34 heavy (non-hydrogen) atoms. The SMILES string of the molecule is Cc1cc(/C(O)=C2\C(=O)C(=O)N(CCCN(C)C)[C@@H]2c2ccc(Br)cc2)ccc1OCC(C)C. The third-order valence-corrected chi connectivity index (χ3v) is 6.28. The van der Waals surface area contributed by atoms with Crippen molar-refractivity contribution >= 4 is 33.4 Å². The van der Waals surface area contributed by atoms with Gasteiger partial charge in [-0.2, -0.15) is 0 Å². The Balaban J connectivity index is 2.03. The summed E-state index contributed by atoms with van der Waals surface area (Å²) in [5.41, 5.74) is 2.24. The van der Waals surface area contributed by atoms with Gasteiger partial charge in [-0.25, -0.2) is 0 Å². The molecule has 0 aliphatic carbocycles. The van der Waals surface area contributed by atoms with Crippen LogP contribution < -0.4 is 4.74 Å². The van der Waals surface area contributed by atoms with Crippen LogP contribution in [-0.4, -0.2) is 60.4 Å². The van der Waals surface area contributed by atoms with Gasteiger partial charge in [0.15, 0.2) is 0 Å². The van der Waals surface area contributed by atoms with Crippen molar-refractivity contribution in [3.05, 3.63) is 69.2 Å². The van der Waals surface area contributed by atoms with E-state index < -0.39 is 17.7 Å². The second-order valence-electron chi connectivity index (χ2n) is 9.39. The van der Waals surface area contributed by atoms with Crippen LogP contribution in [0.3, 0.4) is 0 Å². The first-order valence-corrected chi connectivity index (χ1v) is 12.3. The lowest BCUT2D eigenvalue weighted by molar-refractivity contribution is -0.139. The van der Waals surface area contributed by atoms with Crippen molar-refractivity contribution in [1.29, 1.82) is 0 Å². The fourth-order valence-corrected chi connectivity index (χ4v) is 4.29. The highest BCUT2D eigenvalue weighted by molar-refractivity contribution is 9.10. The Hall–Kier alpha value is -2.64. The highest BCUT2D eigenvalue weighted by Crippen LogP contribution is 2.40. The summed E-state index contributed by atoms with van der Waals surface area (Å²) >= 11 is 3.44. The van der Waals surface area contributed by atoms with E-state index in [-0.39, 0.29) is 11.3 Å². The highest BCUT2D eigenvalue weighted by atomic mass is 79.9. The number of rotatable bonds is 9. The van der Waals surface area contributed by atoms with E-state index >= 15 is 0 Å². The number of halogens is 1. The quantitative estimate of drug-likeness (QED) is 0.276. The van der Waals surface area contributed by atoms with Crippen molar-refractivity contribution in [1.82, 2.24) is 9.80 Å². The van der Waals surface area contributed by atoms with Crippen LogP contribution in [0.1, 0.15) is 43.0 Å². The number of benzene rings is 2. The highest BCUT2D eigenvalue weighted by Gasteiger charge is 2.45. The molecule has 2 aromatic rings. The molecule has 1 atom stereocenters. The van der Waals surface area contributed by atoms with E-state index in [1.165, 1.54) is 0 Å². The molecule has 1 aliphatic rings. The topological polar surface area (TPSA) is 70.1 Å². The molecule has 1 aliphatic heterocycles. The van der Waals surface area contributed by atoms with E-state index in [2.05, 4.69) is 29.8 Å². The predicted molar refractivity (Wildman–Crippen MR) is 138 cm³/mol. The zero-order chi connectivity index (χ0) is 25.0. The van der Waals surface area contributed by atoms with Crippen molar-refractivity contribution in [2.45, 2.75) is 33.2 Å². The minimum atomic E-state index is -0.659. The van der Waals surface area contributed by atoms with E-state index in [0.29, 0.717) is 31.1 Å². The van der Waals surface area contributed by atoms with Crippen LogP contribution in [0.25, 0.3) is 5.76 Å². The Labute approximate surface area is 210 Å². The van der Waals surface area contributed by atoms with Gasteiger partial charge in [0.25, 0.3) is 11.7 Å². The number of carbonyl (C=O) groups excluding carboxylic acids is 2. The van der Waals surface area contributed by atoms with Crippen LogP contribution in [0.15, 0.2) is 52.5 Å². The van der Waals surface area contributed by atoms with Crippen LogP contribution in [0, 0.1) is 12.8 Å². The Bertz CT molecular complexity index is 1080. The average molecular weight is 529 g/mol. The van der Waals surface area contributed by atoms with Gasteiger partial charge in [0.2, 0.25) is 0 Å². The van der Waals surface area contributed by atoms with E-state index in [1.54, 1.807) is 23.1 Å². The molecule has 0 radical (unpaired) electrons. The van der Waals surface area contributed by atoms with Gasteiger partial charge in [0.05, 0.1) is 18.2 Å². The number of aliphatic hydroxyl groups is 1. The number of hydrogen-bond donors (Lipinski definition) is 1. The molecular weight excluding hydrogens is 496 g/mol. The third kappa shape index (κ3) is 5.88. The number of ether oxygens (including phenoxy) is 1. The molecule has 3 rings (SSSR count). The van der Waals surface area contributed by atoms with Crippen LogP contribution in [0.2, 0.25) is 0 Å². The standard InChI is InChI=1S/C27H33BrN2O4/c1-17(2)16-34-22-12-9-20(15-18(22)3)25(31)23-24(19-7-10-21(28)11-8-19)30(27(33)26(23)32)14-6-13-29(4)5/h7-12,15,17,24,31H,6,13-14,16H2,1-5H3/b25-23+/t24-/m1/s1. The molecule has 182 valence electrons. The van der Waals surface area contributed by atoms with Gasteiger partial charge in [-0.15, -0.1) is 0 Å². The van der Waals surface area contributed by atoms with E-state index in [0.717, 1.165) is 27.9 Å². The van der Waals surface area contributed by atoms with Crippen molar-refractivity contribution in [3.63, 3.8) is 0 Å². The lowest BCUT2D eigenvalue weighted by Crippen LogP contribution is -2.32. The van der Waals surface area contributed by atoms with Gasteiger partial charge < -0.3 is 19.6 Å². The van der Waals surface area contributed by atoms with E-state index in [4.69, 9.17) is 4.74 Å². The molecule has 0 unspecified atom stereocenters. The fraction of sp³-hybridized carbons (Fsp3) is 0.407. The van der Waals surface area contributed by atoms with Gasteiger partial charge in [-0.1, -0.05) is 41.9 Å². The summed E-state index contributed by atoms with van der Waals surface area (Å²) in [7, 11) is 3.94. The average Bonchev–Trinajstić information content (AvgIpc) is 3.03. The zero-order valence-electron chi connectivity index (χ0n) is 20.5. The van der Waals surface area contributed by atoms with Crippen LogP contribution in [-0.2, 0) is 9.59 Å². The Kier molecular flexibility index (Phi) is 8.55. The minimum absolute atomic E-state index is 0.118. The summed E-state index contributed by atoms with van der Waals surface area (Å²) in [6.07, 6.45) is 0.716. The van der Waals surface area contributed by atoms with E-state index in [1.807, 2.05) is 50.2 Å². The fourth-order valence-electron chi connectivity index (χ4n) is 4.03. The maximum atomic E-state index is 13.2. The summed E-state index contributed by atoms with van der Waals surface area (Å²) in [5, 5.41) is 11.3. The molecule has 0 spiro atoms. The lowest BCUT2D eigenvalue weighted by Gasteiger charge is -2.26.